The predicted octanol–water partition coefficient (Wildman–Crippen LogP) is 0.884. The molecule has 0 bridgehead atoms. The van der Waals surface area contributed by atoms with Crippen LogP contribution >= 0.6 is 11.8 Å². The van der Waals surface area contributed by atoms with Crippen LogP contribution in [0.2, 0.25) is 0 Å². The average molecular weight is 222 g/mol. The Balaban J connectivity index is 2.67. The summed E-state index contributed by atoms with van der Waals surface area (Å²) in [6.45, 7) is 1.48. The van der Waals surface area contributed by atoms with Crippen LogP contribution in [0.25, 0.3) is 0 Å². The zero-order valence-electron chi connectivity index (χ0n) is 7.82. The molecule has 0 aromatic heterocycles. The third kappa shape index (κ3) is 2.71. The third-order valence-electron chi connectivity index (χ3n) is 2.29. The molecular formula is C8H14O3S2. The van der Waals surface area contributed by atoms with E-state index >= 15 is 0 Å². The number of carbonyl (C=O) groups is 1. The van der Waals surface area contributed by atoms with Gasteiger partial charge in [-0.25, -0.2) is 8.42 Å². The Labute approximate surface area is 83.2 Å². The molecular weight excluding hydrogens is 208 g/mol. The Bertz CT molecular complexity index is 289. The quantitative estimate of drug-likeness (QED) is 0.711. The second kappa shape index (κ2) is 4.00. The van der Waals surface area contributed by atoms with E-state index in [-0.39, 0.29) is 11.0 Å². The van der Waals surface area contributed by atoms with Gasteiger partial charge in [-0.3, -0.25) is 4.79 Å². The largest absolute Gasteiger partial charge is 0.297 e. The minimum Gasteiger partial charge on any atom is -0.297 e. The van der Waals surface area contributed by atoms with Crippen molar-refractivity contribution in [3.8, 4) is 0 Å². The van der Waals surface area contributed by atoms with E-state index in [1.807, 2.05) is 0 Å². The molecule has 0 aromatic carbocycles. The van der Waals surface area contributed by atoms with Gasteiger partial charge in [0.05, 0.1) is 5.25 Å². The van der Waals surface area contributed by atoms with Crippen molar-refractivity contribution in [2.24, 2.45) is 0 Å². The molecule has 1 fully saturated rings. The molecule has 0 aromatic rings. The second-order valence-electron chi connectivity index (χ2n) is 3.38. The van der Waals surface area contributed by atoms with Crippen LogP contribution in [0, 0.1) is 0 Å². The first-order valence-electron chi connectivity index (χ1n) is 4.27. The Morgan fingerprint density at radius 2 is 2.15 bits per heavy atom. The highest BCUT2D eigenvalue weighted by Gasteiger charge is 2.32. The van der Waals surface area contributed by atoms with Crippen molar-refractivity contribution < 1.29 is 13.2 Å². The number of carbonyl (C=O) groups excluding carboxylic acids is 1. The monoisotopic (exact) mass is 222 g/mol. The SMILES string of the molecule is CC(C(=O)C1CCCS1)S(C)(=O)=O. The number of sulfone groups is 1. The van der Waals surface area contributed by atoms with Crippen molar-refractivity contribution in [1.29, 1.82) is 0 Å². The highest BCUT2D eigenvalue weighted by atomic mass is 32.2. The van der Waals surface area contributed by atoms with Gasteiger partial charge in [-0.1, -0.05) is 0 Å². The Morgan fingerprint density at radius 1 is 1.54 bits per heavy atom. The number of rotatable bonds is 3. The minimum absolute atomic E-state index is 0.0790. The third-order valence-corrected chi connectivity index (χ3v) is 5.20. The van der Waals surface area contributed by atoms with Crippen LogP contribution in [-0.4, -0.2) is 36.7 Å². The van der Waals surface area contributed by atoms with Crippen LogP contribution in [0.1, 0.15) is 19.8 Å². The predicted molar refractivity (Wildman–Crippen MR) is 54.8 cm³/mol. The molecule has 0 radical (unpaired) electrons. The summed E-state index contributed by atoms with van der Waals surface area (Å²) in [5.41, 5.74) is 0. The average Bonchev–Trinajstić information content (AvgIpc) is 2.51. The van der Waals surface area contributed by atoms with Gasteiger partial charge in [0.1, 0.15) is 5.25 Å². The lowest BCUT2D eigenvalue weighted by atomic mass is 10.1. The summed E-state index contributed by atoms with van der Waals surface area (Å²) in [5, 5.41) is -0.909. The molecule has 1 saturated heterocycles. The van der Waals surface area contributed by atoms with Gasteiger partial charge in [0, 0.05) is 6.26 Å². The van der Waals surface area contributed by atoms with Crippen LogP contribution in [0.3, 0.4) is 0 Å². The van der Waals surface area contributed by atoms with E-state index in [4.69, 9.17) is 0 Å². The van der Waals surface area contributed by atoms with E-state index in [9.17, 15) is 13.2 Å². The van der Waals surface area contributed by atoms with Gasteiger partial charge in [-0.15, -0.1) is 0 Å². The highest BCUT2D eigenvalue weighted by Crippen LogP contribution is 2.28. The van der Waals surface area contributed by atoms with Crippen molar-refractivity contribution in [3.63, 3.8) is 0 Å². The highest BCUT2D eigenvalue weighted by molar-refractivity contribution is 8.01. The molecule has 0 spiro atoms. The molecule has 1 aliphatic rings. The van der Waals surface area contributed by atoms with E-state index in [0.717, 1.165) is 24.9 Å². The standard InChI is InChI=1S/C8H14O3S2/c1-6(13(2,10)11)8(9)7-4-3-5-12-7/h6-7H,3-5H2,1-2H3. The summed E-state index contributed by atoms with van der Waals surface area (Å²) >= 11 is 1.58. The zero-order chi connectivity index (χ0) is 10.1. The van der Waals surface area contributed by atoms with Crippen molar-refractivity contribution in [3.05, 3.63) is 0 Å². The lowest BCUT2D eigenvalue weighted by Crippen LogP contribution is -2.32. The van der Waals surface area contributed by atoms with Gasteiger partial charge in [-0.2, -0.15) is 11.8 Å². The van der Waals surface area contributed by atoms with Crippen LogP contribution in [0.15, 0.2) is 0 Å². The smallest absolute Gasteiger partial charge is 0.163 e. The second-order valence-corrected chi connectivity index (χ2v) is 7.05. The fraction of sp³-hybridized carbons (Fsp3) is 0.875. The summed E-state index contributed by atoms with van der Waals surface area (Å²) in [5.74, 6) is 0.859. The lowest BCUT2D eigenvalue weighted by Gasteiger charge is -2.12. The first-order chi connectivity index (χ1) is 5.93. The van der Waals surface area contributed by atoms with Crippen molar-refractivity contribution in [1.82, 2.24) is 0 Å². The first-order valence-corrected chi connectivity index (χ1v) is 7.27. The summed E-state index contributed by atoms with van der Waals surface area (Å²) in [7, 11) is -3.20. The zero-order valence-corrected chi connectivity index (χ0v) is 9.45. The molecule has 76 valence electrons. The summed E-state index contributed by atoms with van der Waals surface area (Å²) in [4.78, 5) is 11.6. The van der Waals surface area contributed by atoms with Gasteiger partial charge in [0.25, 0.3) is 0 Å². The molecule has 0 aliphatic carbocycles. The Hall–Kier alpha value is -0.0300. The fourth-order valence-corrected chi connectivity index (χ4v) is 3.27. The van der Waals surface area contributed by atoms with Crippen LogP contribution in [0.4, 0.5) is 0 Å². The minimum atomic E-state index is -3.20. The molecule has 2 unspecified atom stereocenters. The van der Waals surface area contributed by atoms with E-state index < -0.39 is 15.1 Å². The molecule has 5 heteroatoms. The molecule has 0 N–H and O–H groups in total. The van der Waals surface area contributed by atoms with Crippen LogP contribution in [-0.2, 0) is 14.6 Å². The molecule has 13 heavy (non-hydrogen) atoms. The van der Waals surface area contributed by atoms with Crippen molar-refractivity contribution in [2.45, 2.75) is 30.3 Å². The molecule has 1 rings (SSSR count). The molecule has 2 atom stereocenters. The maximum absolute atomic E-state index is 11.6. The number of Topliss-reactive ketones (excluding diaryl/α,β-unsaturated/α-hetero) is 1. The Morgan fingerprint density at radius 3 is 2.54 bits per heavy atom. The van der Waals surface area contributed by atoms with Crippen LogP contribution in [0.5, 0.6) is 0 Å². The maximum Gasteiger partial charge on any atom is 0.163 e. The van der Waals surface area contributed by atoms with Gasteiger partial charge in [0.15, 0.2) is 15.6 Å². The Kier molecular flexibility index (Phi) is 3.40. The fourth-order valence-electron chi connectivity index (χ4n) is 1.27. The molecule has 0 amide bonds. The van der Waals surface area contributed by atoms with Gasteiger partial charge < -0.3 is 0 Å². The van der Waals surface area contributed by atoms with E-state index in [1.54, 1.807) is 11.8 Å². The molecule has 3 nitrogen and oxygen atoms in total. The van der Waals surface area contributed by atoms with Crippen molar-refractivity contribution >= 4 is 27.4 Å². The topological polar surface area (TPSA) is 51.2 Å². The lowest BCUT2D eigenvalue weighted by molar-refractivity contribution is -0.117. The first kappa shape index (κ1) is 11.0. The van der Waals surface area contributed by atoms with Gasteiger partial charge in [-0.05, 0) is 25.5 Å². The van der Waals surface area contributed by atoms with Gasteiger partial charge >= 0.3 is 0 Å². The van der Waals surface area contributed by atoms with Crippen LogP contribution < -0.4 is 0 Å². The number of hydrogen-bond donors (Lipinski definition) is 0. The van der Waals surface area contributed by atoms with E-state index in [0.29, 0.717) is 0 Å². The summed E-state index contributed by atoms with van der Waals surface area (Å²) < 4.78 is 22.2. The molecule has 1 aliphatic heterocycles. The summed E-state index contributed by atoms with van der Waals surface area (Å²) in [6, 6.07) is 0. The molecule has 0 saturated carbocycles. The van der Waals surface area contributed by atoms with E-state index in [2.05, 4.69) is 0 Å². The normalized spacial score (nSPS) is 25.8. The van der Waals surface area contributed by atoms with Crippen molar-refractivity contribution in [2.75, 3.05) is 12.0 Å². The molecule has 1 heterocycles. The maximum atomic E-state index is 11.6. The summed E-state index contributed by atoms with van der Waals surface area (Å²) in [6.07, 6.45) is 2.98. The van der Waals surface area contributed by atoms with Gasteiger partial charge in [0.2, 0.25) is 0 Å². The number of hydrogen-bond acceptors (Lipinski definition) is 4. The van der Waals surface area contributed by atoms with E-state index in [1.165, 1.54) is 6.92 Å². The number of ketones is 1. The number of thioether (sulfide) groups is 1.